The molecule has 0 aliphatic rings. The van der Waals surface area contributed by atoms with E-state index in [1.807, 2.05) is 19.2 Å². The number of aromatic hydroxyl groups is 1. The van der Waals surface area contributed by atoms with Crippen LogP contribution in [0.25, 0.3) is 0 Å². The maximum Gasteiger partial charge on any atom is 0.328 e. The van der Waals surface area contributed by atoms with Crippen LogP contribution in [0.2, 0.25) is 0 Å². The Morgan fingerprint density at radius 3 is 1.42 bits per heavy atom. The van der Waals surface area contributed by atoms with Crippen LogP contribution in [0, 0.1) is 17.8 Å². The van der Waals surface area contributed by atoms with Gasteiger partial charge in [0.15, 0.2) is 0 Å². The maximum absolute atomic E-state index is 14.3. The van der Waals surface area contributed by atoms with Crippen molar-refractivity contribution in [2.24, 2.45) is 23.5 Å². The topological polar surface area (TPSA) is 485 Å². The first-order chi connectivity index (χ1) is 41.4. The summed E-state index contributed by atoms with van der Waals surface area (Å²) in [5.41, 5.74) is 6.83. The molecule has 11 amide bonds. The molecule has 2 aromatic carbocycles. The standard InChI is InChI=1S/C57H88N12O18S/c1-9-30(6)45(55(84)63-39(21-33-13-11-10-12-14-33)52(81)69-46(32(8)73)56(85)66-42(26-72)57(86)87)68-51(80)38(22-34-15-17-35(74)18-16-34)61-44(75)23-59-49(78)40(24-70)64-47(76)31(7)60-50(79)37(20-29(4)5)62-54(83)43(27-88)67-53(82)41(25-71)65-48(77)36(58)19-28(2)3/h10-18,28-32,36-43,45-46,70-74,88H,9,19-27,58H2,1-8H3,(H,59,78)(H,60,79)(H,61,75)(H,62,83)(H,63,84)(H,64,76)(H,65,77)(H,66,85)(H,67,82)(H,68,80)(H,69,81)(H,86,87)/t30-,31-,32+,36-,37-,38-,39-,40-,41-,42-,43-,45-,46-/m0/s1. The van der Waals surface area contributed by atoms with Crippen molar-refractivity contribution >= 4 is 83.6 Å². The Labute approximate surface area is 515 Å². The molecule has 2 aromatic rings. The van der Waals surface area contributed by atoms with Gasteiger partial charge in [-0.05, 0) is 67.7 Å². The molecule has 31 heteroatoms. The van der Waals surface area contributed by atoms with Crippen LogP contribution in [0.4, 0.5) is 0 Å². The fraction of sp³-hybridized carbons (Fsp3) is 0.579. The van der Waals surface area contributed by atoms with Gasteiger partial charge in [-0.25, -0.2) is 4.79 Å². The molecule has 0 aliphatic carbocycles. The summed E-state index contributed by atoms with van der Waals surface area (Å²) in [6.07, 6.45) is -1.47. The highest BCUT2D eigenvalue weighted by molar-refractivity contribution is 7.80. The number of carboxylic acid groups (broad SMARTS) is 1. The van der Waals surface area contributed by atoms with Crippen molar-refractivity contribution in [2.45, 2.75) is 160 Å². The molecule has 0 heterocycles. The molecule has 0 unspecified atom stereocenters. The van der Waals surface area contributed by atoms with Gasteiger partial charge >= 0.3 is 5.97 Å². The van der Waals surface area contributed by atoms with Crippen LogP contribution in [-0.2, 0) is 70.4 Å². The van der Waals surface area contributed by atoms with E-state index in [1.54, 1.807) is 58.0 Å². The third-order valence-electron chi connectivity index (χ3n) is 13.6. The van der Waals surface area contributed by atoms with Crippen LogP contribution >= 0.6 is 12.6 Å². The van der Waals surface area contributed by atoms with Crippen LogP contribution in [0.1, 0.15) is 85.8 Å². The molecule has 0 radical (unpaired) electrons. The summed E-state index contributed by atoms with van der Waals surface area (Å²) in [4.78, 5) is 160. The van der Waals surface area contributed by atoms with Gasteiger partial charge in [-0.1, -0.05) is 90.4 Å². The van der Waals surface area contributed by atoms with E-state index in [2.05, 4.69) is 65.8 Å². The number of phenols is 1. The van der Waals surface area contributed by atoms with Gasteiger partial charge in [-0.2, -0.15) is 12.6 Å². The molecule has 0 bridgehead atoms. The van der Waals surface area contributed by atoms with Gasteiger partial charge in [-0.3, -0.25) is 52.7 Å². The number of hydrogen-bond donors (Lipinski definition) is 19. The largest absolute Gasteiger partial charge is 0.508 e. The quantitative estimate of drug-likeness (QED) is 0.0280. The molecular weight excluding hydrogens is 1170 g/mol. The van der Waals surface area contributed by atoms with Crippen molar-refractivity contribution in [3.8, 4) is 5.75 Å². The minimum Gasteiger partial charge on any atom is -0.508 e. The molecule has 2 rings (SSSR count). The van der Waals surface area contributed by atoms with Gasteiger partial charge in [0.25, 0.3) is 0 Å². The Balaban J connectivity index is 2.27. The van der Waals surface area contributed by atoms with Gasteiger partial charge in [0.05, 0.1) is 38.5 Å². The highest BCUT2D eigenvalue weighted by atomic mass is 32.1. The molecule has 0 saturated carbocycles. The van der Waals surface area contributed by atoms with Gasteiger partial charge in [0.2, 0.25) is 65.0 Å². The Morgan fingerprint density at radius 2 is 0.909 bits per heavy atom. The van der Waals surface area contributed by atoms with E-state index in [0.717, 1.165) is 6.92 Å². The predicted octanol–water partition coefficient (Wildman–Crippen LogP) is -5.00. The van der Waals surface area contributed by atoms with Crippen molar-refractivity contribution in [3.63, 3.8) is 0 Å². The Hall–Kier alpha value is -7.97. The summed E-state index contributed by atoms with van der Waals surface area (Å²) >= 11 is 4.15. The fourth-order valence-corrected chi connectivity index (χ4v) is 8.65. The number of benzene rings is 2. The zero-order chi connectivity index (χ0) is 66.5. The number of carboxylic acids is 1. The van der Waals surface area contributed by atoms with E-state index in [4.69, 9.17) is 5.73 Å². The van der Waals surface area contributed by atoms with Crippen LogP contribution in [0.5, 0.6) is 5.75 Å². The second-order valence-electron chi connectivity index (χ2n) is 22.0. The minimum absolute atomic E-state index is 0.0258. The summed E-state index contributed by atoms with van der Waals surface area (Å²) in [5.74, 6) is -13.3. The smallest absolute Gasteiger partial charge is 0.328 e. The Bertz CT molecular complexity index is 2670. The van der Waals surface area contributed by atoms with Crippen LogP contribution in [0.3, 0.4) is 0 Å². The molecular formula is C57H88N12O18S. The molecule has 0 saturated heterocycles. The molecule has 19 N–H and O–H groups in total. The summed E-state index contributed by atoms with van der Waals surface area (Å²) in [5, 5.41) is 85.5. The zero-order valence-electron chi connectivity index (χ0n) is 50.5. The number of carbonyl (C=O) groups is 12. The average Bonchev–Trinajstić information content (AvgIpc) is 3.68. The molecule has 0 aliphatic heterocycles. The van der Waals surface area contributed by atoms with Gasteiger partial charge < -0.3 is 94.9 Å². The maximum atomic E-state index is 14.3. The summed E-state index contributed by atoms with van der Waals surface area (Å²) in [6.45, 7) is 9.14. The summed E-state index contributed by atoms with van der Waals surface area (Å²) in [6, 6.07) is -2.41. The first-order valence-electron chi connectivity index (χ1n) is 28.6. The van der Waals surface area contributed by atoms with E-state index in [-0.39, 0.29) is 49.0 Å². The van der Waals surface area contributed by atoms with E-state index in [9.17, 15) is 88.2 Å². The van der Waals surface area contributed by atoms with Crippen LogP contribution < -0.4 is 64.2 Å². The molecule has 0 aromatic heterocycles. The normalized spacial score (nSPS) is 15.6. The molecule has 88 heavy (non-hydrogen) atoms. The third-order valence-corrected chi connectivity index (χ3v) is 14.0. The fourth-order valence-electron chi connectivity index (χ4n) is 8.40. The SMILES string of the molecule is CC[C@H](C)[C@H](NC(=O)[C@H](Cc1ccc(O)cc1)NC(=O)CNC(=O)[C@H](CO)NC(=O)[C@H](C)NC(=O)[C@H](CC(C)C)NC(=O)[C@H](CS)NC(=O)[C@H](CO)NC(=O)[C@@H](N)CC(C)C)C(=O)N[C@@H](Cc1ccccc1)C(=O)N[C@H](C(=O)N[C@@H](CO)C(=O)O)[C@@H](C)O. The number of aliphatic hydroxyl groups is 4. The van der Waals surface area contributed by atoms with Gasteiger partial charge in [-0.15, -0.1) is 0 Å². The number of hydrogen-bond acceptors (Lipinski definition) is 19. The lowest BCUT2D eigenvalue weighted by atomic mass is 9.96. The summed E-state index contributed by atoms with van der Waals surface area (Å²) < 4.78 is 0. The third kappa shape index (κ3) is 26.2. The lowest BCUT2D eigenvalue weighted by Gasteiger charge is -2.29. The highest BCUT2D eigenvalue weighted by Gasteiger charge is 2.37. The molecule has 490 valence electrons. The number of aliphatic hydroxyl groups excluding tert-OH is 4. The first kappa shape index (κ1) is 76.1. The Kier molecular flexibility index (Phi) is 33.2. The number of nitrogens with two attached hydrogens (primary N) is 1. The number of thiol groups is 1. The lowest BCUT2D eigenvalue weighted by molar-refractivity contribution is -0.144. The second-order valence-corrected chi connectivity index (χ2v) is 22.4. The van der Waals surface area contributed by atoms with Crippen molar-refractivity contribution in [2.75, 3.05) is 32.1 Å². The van der Waals surface area contributed by atoms with Gasteiger partial charge in [0.1, 0.15) is 66.2 Å². The number of rotatable bonds is 38. The van der Waals surface area contributed by atoms with Crippen molar-refractivity contribution < 1.29 is 88.2 Å². The number of nitrogens with one attached hydrogen (secondary N) is 11. The number of amides is 11. The number of carbonyl (C=O) groups excluding carboxylic acids is 11. The molecule has 30 nitrogen and oxygen atoms in total. The molecule has 0 spiro atoms. The Morgan fingerprint density at radius 1 is 0.477 bits per heavy atom. The van der Waals surface area contributed by atoms with Crippen LogP contribution in [0.15, 0.2) is 54.6 Å². The van der Waals surface area contributed by atoms with Gasteiger partial charge in [0, 0.05) is 18.6 Å². The highest BCUT2D eigenvalue weighted by Crippen LogP contribution is 2.15. The van der Waals surface area contributed by atoms with E-state index < -0.39 is 176 Å². The monoisotopic (exact) mass is 1260 g/mol. The number of phenolic OH excluding ortho intramolecular Hbond substituents is 1. The van der Waals surface area contributed by atoms with Crippen molar-refractivity contribution in [1.29, 1.82) is 0 Å². The van der Waals surface area contributed by atoms with E-state index in [0.29, 0.717) is 17.5 Å². The summed E-state index contributed by atoms with van der Waals surface area (Å²) in [7, 11) is 0. The lowest BCUT2D eigenvalue weighted by Crippen LogP contribution is -2.62. The van der Waals surface area contributed by atoms with E-state index in [1.165, 1.54) is 31.2 Å². The zero-order valence-corrected chi connectivity index (χ0v) is 51.4. The van der Waals surface area contributed by atoms with Crippen LogP contribution in [-0.4, -0.2) is 206 Å². The first-order valence-corrected chi connectivity index (χ1v) is 29.3. The minimum atomic E-state index is -1.78. The average molecular weight is 1260 g/mol. The number of aliphatic carboxylic acids is 1. The second kappa shape index (κ2) is 38.3. The molecule has 0 fully saturated rings. The predicted molar refractivity (Wildman–Crippen MR) is 321 cm³/mol. The van der Waals surface area contributed by atoms with Crippen molar-refractivity contribution in [3.05, 3.63) is 65.7 Å². The van der Waals surface area contributed by atoms with Crippen molar-refractivity contribution in [1.82, 2.24) is 58.5 Å². The molecule has 13 atom stereocenters. The van der Waals surface area contributed by atoms with E-state index >= 15 is 0 Å².